The molecule has 76 valence electrons. The summed E-state index contributed by atoms with van der Waals surface area (Å²) in [5.41, 5.74) is 1.18. The van der Waals surface area contributed by atoms with Crippen LogP contribution in [0, 0.1) is 0 Å². The Morgan fingerprint density at radius 2 is 2.15 bits per heavy atom. The molecular formula is C10H20O2Si. The summed E-state index contributed by atoms with van der Waals surface area (Å²) in [5, 5.41) is 0. The average molecular weight is 200 g/mol. The van der Waals surface area contributed by atoms with Crippen LogP contribution < -0.4 is 0 Å². The zero-order valence-electron chi connectivity index (χ0n) is 8.93. The SMILES string of the molecule is C=C(C)C[Si]OCCOC(C)CC. The molecule has 0 aromatic rings. The Morgan fingerprint density at radius 1 is 1.46 bits per heavy atom. The third-order valence-electron chi connectivity index (χ3n) is 1.64. The van der Waals surface area contributed by atoms with E-state index in [9.17, 15) is 0 Å². The summed E-state index contributed by atoms with van der Waals surface area (Å²) >= 11 is 0. The van der Waals surface area contributed by atoms with Crippen molar-refractivity contribution in [2.45, 2.75) is 39.3 Å². The van der Waals surface area contributed by atoms with E-state index in [0.717, 1.165) is 12.5 Å². The summed E-state index contributed by atoms with van der Waals surface area (Å²) < 4.78 is 10.8. The zero-order valence-corrected chi connectivity index (χ0v) is 9.93. The first kappa shape index (κ1) is 12.9. The molecule has 0 amide bonds. The van der Waals surface area contributed by atoms with Crippen molar-refractivity contribution in [1.29, 1.82) is 0 Å². The molecule has 0 fully saturated rings. The maximum Gasteiger partial charge on any atom is 0.234 e. The maximum atomic E-state index is 5.46. The number of hydrogen-bond donors (Lipinski definition) is 0. The van der Waals surface area contributed by atoms with Crippen LogP contribution in [0.15, 0.2) is 12.2 Å². The number of rotatable bonds is 8. The lowest BCUT2D eigenvalue weighted by Crippen LogP contribution is -2.13. The van der Waals surface area contributed by atoms with E-state index in [2.05, 4.69) is 20.4 Å². The molecule has 0 saturated carbocycles. The topological polar surface area (TPSA) is 18.5 Å². The van der Waals surface area contributed by atoms with Gasteiger partial charge < -0.3 is 9.16 Å². The van der Waals surface area contributed by atoms with E-state index in [1.807, 2.05) is 6.92 Å². The van der Waals surface area contributed by atoms with Gasteiger partial charge in [0, 0.05) is 0 Å². The smallest absolute Gasteiger partial charge is 0.234 e. The molecule has 0 aromatic carbocycles. The summed E-state index contributed by atoms with van der Waals surface area (Å²) in [6.45, 7) is 11.4. The molecule has 0 aliphatic heterocycles. The lowest BCUT2D eigenvalue weighted by atomic mass is 10.3. The number of ether oxygens (including phenoxy) is 1. The molecule has 2 nitrogen and oxygen atoms in total. The van der Waals surface area contributed by atoms with Crippen LogP contribution in [0.5, 0.6) is 0 Å². The highest BCUT2D eigenvalue weighted by atomic mass is 28.2. The average Bonchev–Trinajstić information content (AvgIpc) is 2.10. The van der Waals surface area contributed by atoms with Gasteiger partial charge in [-0.2, -0.15) is 0 Å². The normalized spacial score (nSPS) is 12.8. The molecule has 3 heteroatoms. The fourth-order valence-electron chi connectivity index (χ4n) is 0.655. The first-order valence-corrected chi connectivity index (χ1v) is 5.89. The Hall–Kier alpha value is -0.123. The van der Waals surface area contributed by atoms with Gasteiger partial charge in [-0.3, -0.25) is 0 Å². The van der Waals surface area contributed by atoms with Gasteiger partial charge in [-0.05, 0) is 26.3 Å². The van der Waals surface area contributed by atoms with Crippen molar-refractivity contribution in [2.75, 3.05) is 13.2 Å². The van der Waals surface area contributed by atoms with Gasteiger partial charge >= 0.3 is 0 Å². The molecule has 0 heterocycles. The maximum absolute atomic E-state index is 5.46. The lowest BCUT2D eigenvalue weighted by Gasteiger charge is -2.10. The Morgan fingerprint density at radius 3 is 2.69 bits per heavy atom. The largest absolute Gasteiger partial charge is 0.415 e. The summed E-state index contributed by atoms with van der Waals surface area (Å²) in [4.78, 5) is 0. The van der Waals surface area contributed by atoms with E-state index < -0.39 is 0 Å². The van der Waals surface area contributed by atoms with E-state index in [1.165, 1.54) is 5.57 Å². The highest BCUT2D eigenvalue weighted by molar-refractivity contribution is 6.28. The van der Waals surface area contributed by atoms with E-state index >= 15 is 0 Å². The summed E-state index contributed by atoms with van der Waals surface area (Å²) in [7, 11) is 0.537. The van der Waals surface area contributed by atoms with Crippen LogP contribution in [0.1, 0.15) is 27.2 Å². The monoisotopic (exact) mass is 200 g/mol. The molecule has 0 N–H and O–H groups in total. The fourth-order valence-corrected chi connectivity index (χ4v) is 1.23. The van der Waals surface area contributed by atoms with Crippen LogP contribution in [0.25, 0.3) is 0 Å². The quantitative estimate of drug-likeness (QED) is 0.340. The van der Waals surface area contributed by atoms with Crippen LogP contribution in [0.2, 0.25) is 6.04 Å². The molecule has 2 radical (unpaired) electrons. The van der Waals surface area contributed by atoms with E-state index in [-0.39, 0.29) is 0 Å². The minimum atomic E-state index is 0.355. The molecular weight excluding hydrogens is 180 g/mol. The molecule has 0 aliphatic rings. The van der Waals surface area contributed by atoms with Crippen molar-refractivity contribution in [1.82, 2.24) is 0 Å². The second kappa shape index (κ2) is 8.47. The zero-order chi connectivity index (χ0) is 10.1. The predicted octanol–water partition coefficient (Wildman–Crippen LogP) is 2.43. The van der Waals surface area contributed by atoms with E-state index in [0.29, 0.717) is 29.1 Å². The van der Waals surface area contributed by atoms with Crippen molar-refractivity contribution in [3.8, 4) is 0 Å². The minimum Gasteiger partial charge on any atom is -0.415 e. The van der Waals surface area contributed by atoms with Gasteiger partial charge in [0.1, 0.15) is 0 Å². The van der Waals surface area contributed by atoms with Gasteiger partial charge in [0.2, 0.25) is 9.76 Å². The third-order valence-corrected chi connectivity index (χ3v) is 2.79. The minimum absolute atomic E-state index is 0.355. The van der Waals surface area contributed by atoms with Gasteiger partial charge in [-0.1, -0.05) is 12.5 Å². The summed E-state index contributed by atoms with van der Waals surface area (Å²) in [6.07, 6.45) is 1.42. The molecule has 1 atom stereocenters. The van der Waals surface area contributed by atoms with Crippen molar-refractivity contribution >= 4 is 9.76 Å². The first-order chi connectivity index (χ1) is 6.16. The second-order valence-electron chi connectivity index (χ2n) is 3.22. The van der Waals surface area contributed by atoms with Crippen LogP contribution in [-0.4, -0.2) is 29.1 Å². The van der Waals surface area contributed by atoms with Gasteiger partial charge in [-0.25, -0.2) is 0 Å². The highest BCUT2D eigenvalue weighted by Gasteiger charge is 1.97. The molecule has 0 spiro atoms. The molecule has 0 saturated heterocycles. The van der Waals surface area contributed by atoms with E-state index in [4.69, 9.17) is 9.16 Å². The molecule has 0 bridgehead atoms. The fraction of sp³-hybridized carbons (Fsp3) is 0.800. The third kappa shape index (κ3) is 9.79. The van der Waals surface area contributed by atoms with Crippen molar-refractivity contribution in [3.05, 3.63) is 12.2 Å². The van der Waals surface area contributed by atoms with Crippen LogP contribution in [0.3, 0.4) is 0 Å². The molecule has 13 heavy (non-hydrogen) atoms. The van der Waals surface area contributed by atoms with Crippen LogP contribution >= 0.6 is 0 Å². The Balaban J connectivity index is 3.04. The summed E-state index contributed by atoms with van der Waals surface area (Å²) in [5.74, 6) is 0. The van der Waals surface area contributed by atoms with Gasteiger partial charge in [0.25, 0.3) is 0 Å². The van der Waals surface area contributed by atoms with Gasteiger partial charge in [0.05, 0.1) is 19.3 Å². The predicted molar refractivity (Wildman–Crippen MR) is 57.0 cm³/mol. The summed E-state index contributed by atoms with van der Waals surface area (Å²) in [6, 6.07) is 0.976. The first-order valence-electron chi connectivity index (χ1n) is 4.77. The number of hydrogen-bond acceptors (Lipinski definition) is 2. The van der Waals surface area contributed by atoms with Crippen molar-refractivity contribution in [3.63, 3.8) is 0 Å². The van der Waals surface area contributed by atoms with Crippen LogP contribution in [-0.2, 0) is 9.16 Å². The molecule has 0 aliphatic carbocycles. The Labute approximate surface area is 84.3 Å². The van der Waals surface area contributed by atoms with Crippen molar-refractivity contribution in [2.24, 2.45) is 0 Å². The van der Waals surface area contributed by atoms with E-state index in [1.54, 1.807) is 0 Å². The Bertz CT molecular complexity index is 137. The van der Waals surface area contributed by atoms with Gasteiger partial charge in [-0.15, -0.1) is 6.58 Å². The van der Waals surface area contributed by atoms with Crippen molar-refractivity contribution < 1.29 is 9.16 Å². The van der Waals surface area contributed by atoms with Gasteiger partial charge in [0.15, 0.2) is 0 Å². The lowest BCUT2D eigenvalue weighted by molar-refractivity contribution is 0.0433. The van der Waals surface area contributed by atoms with Crippen LogP contribution in [0.4, 0.5) is 0 Å². The molecule has 1 unspecified atom stereocenters. The molecule has 0 rings (SSSR count). The highest BCUT2D eigenvalue weighted by Crippen LogP contribution is 1.96. The molecule has 0 aromatic heterocycles. The second-order valence-corrected chi connectivity index (χ2v) is 4.15. The standard InChI is InChI=1S/C10H20O2Si/c1-5-10(4)11-6-7-12-13-8-9(2)3/h10H,2,5-8H2,1,3-4H3. The number of allylic oxidation sites excluding steroid dienone is 1. The Kier molecular flexibility index (Phi) is 8.39.